The molecule has 0 N–H and O–H groups in total. The quantitative estimate of drug-likeness (QED) is 0.721. The summed E-state index contributed by atoms with van der Waals surface area (Å²) in [5.41, 5.74) is 0.626. The van der Waals surface area contributed by atoms with Gasteiger partial charge >= 0.3 is 0 Å². The maximum atomic E-state index is 14.9. The number of hydrogen-bond donors (Lipinski definition) is 0. The molecule has 1 aromatic carbocycles. The van der Waals surface area contributed by atoms with Crippen LogP contribution in [0.4, 0.5) is 10.1 Å². The molecule has 4 rings (SSSR count). The summed E-state index contributed by atoms with van der Waals surface area (Å²) in [6, 6.07) is 3.55. The second-order valence-corrected chi connectivity index (χ2v) is 5.78. The van der Waals surface area contributed by atoms with Gasteiger partial charge in [-0.05, 0) is 26.0 Å². The van der Waals surface area contributed by atoms with E-state index in [0.717, 1.165) is 0 Å². The van der Waals surface area contributed by atoms with E-state index in [9.17, 15) is 4.39 Å². The number of hydrogen-bond acceptors (Lipinski definition) is 6. The van der Waals surface area contributed by atoms with Crippen molar-refractivity contribution in [2.24, 2.45) is 0 Å². The molecule has 23 heavy (non-hydrogen) atoms. The van der Waals surface area contributed by atoms with Crippen molar-refractivity contribution in [1.29, 1.82) is 0 Å². The molecule has 8 heteroatoms. The number of anilines is 1. The molecular formula is C15H16FN5O2. The van der Waals surface area contributed by atoms with Crippen molar-refractivity contribution in [3.8, 4) is 5.82 Å². The van der Waals surface area contributed by atoms with Crippen LogP contribution in [-0.4, -0.2) is 45.2 Å². The fourth-order valence-corrected chi connectivity index (χ4v) is 3.05. The van der Waals surface area contributed by atoms with Crippen molar-refractivity contribution >= 4 is 16.7 Å². The van der Waals surface area contributed by atoms with Gasteiger partial charge < -0.3 is 14.2 Å². The Hall–Kier alpha value is -2.48. The average Bonchev–Trinajstić information content (AvgIpc) is 3.15. The molecule has 0 spiro atoms. The Bertz CT molecular complexity index is 822. The molecule has 2 atom stereocenters. The predicted molar refractivity (Wildman–Crippen MR) is 81.1 cm³/mol. The van der Waals surface area contributed by atoms with Crippen molar-refractivity contribution in [2.45, 2.75) is 26.1 Å². The lowest BCUT2D eigenvalue weighted by Gasteiger charge is -2.36. The average molecular weight is 317 g/mol. The highest BCUT2D eigenvalue weighted by Crippen LogP contribution is 2.31. The van der Waals surface area contributed by atoms with Gasteiger partial charge in [0.1, 0.15) is 12.7 Å². The van der Waals surface area contributed by atoms with Crippen LogP contribution in [0.15, 0.2) is 29.3 Å². The van der Waals surface area contributed by atoms with Gasteiger partial charge in [-0.2, -0.15) is 9.78 Å². The third-order valence-electron chi connectivity index (χ3n) is 3.94. The fraction of sp³-hybridized carbons (Fsp3) is 0.400. The summed E-state index contributed by atoms with van der Waals surface area (Å²) in [6.45, 7) is 5.24. The van der Waals surface area contributed by atoms with Gasteiger partial charge in [-0.1, -0.05) is 5.16 Å². The van der Waals surface area contributed by atoms with E-state index in [0.29, 0.717) is 30.0 Å². The second-order valence-electron chi connectivity index (χ2n) is 5.78. The first-order chi connectivity index (χ1) is 11.1. The van der Waals surface area contributed by atoms with E-state index in [2.05, 4.69) is 15.2 Å². The third-order valence-corrected chi connectivity index (χ3v) is 3.94. The molecule has 1 fully saturated rings. The van der Waals surface area contributed by atoms with E-state index in [1.54, 1.807) is 12.1 Å². The summed E-state index contributed by atoms with van der Waals surface area (Å²) in [5.74, 6) is 0.00864. The lowest BCUT2D eigenvalue weighted by atomic mass is 10.1. The van der Waals surface area contributed by atoms with E-state index >= 15 is 0 Å². The van der Waals surface area contributed by atoms with Crippen LogP contribution in [0.5, 0.6) is 0 Å². The maximum absolute atomic E-state index is 14.9. The van der Waals surface area contributed by atoms with Gasteiger partial charge in [0.2, 0.25) is 11.4 Å². The van der Waals surface area contributed by atoms with E-state index in [4.69, 9.17) is 9.26 Å². The summed E-state index contributed by atoms with van der Waals surface area (Å²) in [4.78, 5) is 5.85. The normalized spacial score (nSPS) is 22.0. The van der Waals surface area contributed by atoms with Crippen molar-refractivity contribution in [2.75, 3.05) is 18.0 Å². The van der Waals surface area contributed by atoms with Gasteiger partial charge in [0.05, 0.1) is 23.3 Å². The third kappa shape index (κ3) is 2.35. The zero-order chi connectivity index (χ0) is 16.0. The van der Waals surface area contributed by atoms with Gasteiger partial charge in [-0.3, -0.25) is 0 Å². The van der Waals surface area contributed by atoms with Crippen LogP contribution < -0.4 is 4.90 Å². The van der Waals surface area contributed by atoms with E-state index in [1.165, 1.54) is 17.3 Å². The van der Waals surface area contributed by atoms with Crippen molar-refractivity contribution in [1.82, 2.24) is 19.9 Å². The van der Waals surface area contributed by atoms with Crippen molar-refractivity contribution in [3.05, 3.63) is 30.6 Å². The highest BCUT2D eigenvalue weighted by atomic mass is 19.1. The zero-order valence-electron chi connectivity index (χ0n) is 12.8. The zero-order valence-corrected chi connectivity index (χ0v) is 12.8. The Morgan fingerprint density at radius 3 is 2.70 bits per heavy atom. The first kappa shape index (κ1) is 14.1. The molecule has 0 aliphatic carbocycles. The van der Waals surface area contributed by atoms with E-state index in [-0.39, 0.29) is 17.8 Å². The molecular weight excluding hydrogens is 301 g/mol. The Labute approximate surface area is 131 Å². The molecule has 3 heterocycles. The largest absolute Gasteiger partial charge is 0.372 e. The Morgan fingerprint density at radius 1 is 1.22 bits per heavy atom. The molecule has 0 unspecified atom stereocenters. The van der Waals surface area contributed by atoms with Crippen LogP contribution in [0, 0.1) is 5.82 Å². The van der Waals surface area contributed by atoms with Crippen LogP contribution in [0.25, 0.3) is 16.8 Å². The van der Waals surface area contributed by atoms with Gasteiger partial charge in [0.25, 0.3) is 0 Å². The number of ether oxygens (including phenoxy) is 1. The standard InChI is InChI=1S/C15H16FN5O2/c1-9-5-20(6-10(2)22-9)12-4-3-11-14(13(12)16)23-19-15(11)21-8-17-7-18-21/h3-4,7-10H,5-6H2,1-2H3/t9-,10+. The topological polar surface area (TPSA) is 69.2 Å². The molecule has 0 radical (unpaired) electrons. The fourth-order valence-electron chi connectivity index (χ4n) is 3.05. The van der Waals surface area contributed by atoms with Gasteiger partial charge in [0, 0.05) is 13.1 Å². The monoisotopic (exact) mass is 317 g/mol. The molecule has 2 aromatic heterocycles. The van der Waals surface area contributed by atoms with Crippen LogP contribution >= 0.6 is 0 Å². The summed E-state index contributed by atoms with van der Waals surface area (Å²) >= 11 is 0. The second kappa shape index (κ2) is 5.31. The van der Waals surface area contributed by atoms with Gasteiger partial charge in [0.15, 0.2) is 5.82 Å². The number of nitrogens with zero attached hydrogens (tertiary/aromatic N) is 5. The number of aromatic nitrogens is 4. The number of morpholine rings is 1. The van der Waals surface area contributed by atoms with Gasteiger partial charge in [-0.25, -0.2) is 9.37 Å². The molecule has 0 amide bonds. The highest BCUT2D eigenvalue weighted by molar-refractivity contribution is 5.87. The molecule has 3 aromatic rings. The lowest BCUT2D eigenvalue weighted by Crippen LogP contribution is -2.45. The molecule has 1 aliphatic heterocycles. The number of fused-ring (bicyclic) bond motifs is 1. The number of rotatable bonds is 2. The maximum Gasteiger partial charge on any atom is 0.206 e. The van der Waals surface area contributed by atoms with Crippen LogP contribution in [0.3, 0.4) is 0 Å². The first-order valence-corrected chi connectivity index (χ1v) is 7.47. The summed E-state index contributed by atoms with van der Waals surface area (Å²) in [7, 11) is 0. The van der Waals surface area contributed by atoms with Crippen LogP contribution in [-0.2, 0) is 4.74 Å². The molecule has 1 aliphatic rings. The Kier molecular flexibility index (Phi) is 3.26. The van der Waals surface area contributed by atoms with Gasteiger partial charge in [-0.15, -0.1) is 0 Å². The summed E-state index contributed by atoms with van der Waals surface area (Å²) < 4.78 is 27.3. The smallest absolute Gasteiger partial charge is 0.206 e. The van der Waals surface area contributed by atoms with Crippen molar-refractivity contribution in [3.63, 3.8) is 0 Å². The molecule has 1 saturated heterocycles. The lowest BCUT2D eigenvalue weighted by molar-refractivity contribution is -0.00538. The van der Waals surface area contributed by atoms with E-state index < -0.39 is 5.82 Å². The van der Waals surface area contributed by atoms with E-state index in [1.807, 2.05) is 18.7 Å². The van der Waals surface area contributed by atoms with Crippen LogP contribution in [0.2, 0.25) is 0 Å². The number of halogens is 1. The molecule has 0 bridgehead atoms. The summed E-state index contributed by atoms with van der Waals surface area (Å²) in [5, 5.41) is 8.48. The van der Waals surface area contributed by atoms with Crippen LogP contribution in [0.1, 0.15) is 13.8 Å². The Balaban J connectivity index is 1.77. The predicted octanol–water partition coefficient (Wildman–Crippen LogP) is 2.16. The minimum absolute atomic E-state index is 0.0503. The summed E-state index contributed by atoms with van der Waals surface area (Å²) in [6.07, 6.45) is 2.99. The number of benzene rings is 1. The molecule has 7 nitrogen and oxygen atoms in total. The van der Waals surface area contributed by atoms with Crippen molar-refractivity contribution < 1.29 is 13.7 Å². The minimum atomic E-state index is -0.414. The minimum Gasteiger partial charge on any atom is -0.372 e. The molecule has 0 saturated carbocycles. The Morgan fingerprint density at radius 2 is 2.00 bits per heavy atom. The molecule has 120 valence electrons. The first-order valence-electron chi connectivity index (χ1n) is 7.47. The highest BCUT2D eigenvalue weighted by Gasteiger charge is 2.26. The SMILES string of the molecule is C[C@@H]1CN(c2ccc3c(-n4cncn4)noc3c2F)C[C@H](C)O1.